The summed E-state index contributed by atoms with van der Waals surface area (Å²) in [5, 5.41) is -0.479. The molecule has 0 aromatic heterocycles. The van der Waals surface area contributed by atoms with Crippen molar-refractivity contribution in [2.45, 2.75) is 30.2 Å². The number of nitrogens with one attached hydrogen (secondary N) is 1. The van der Waals surface area contributed by atoms with Crippen molar-refractivity contribution < 1.29 is 21.9 Å². The summed E-state index contributed by atoms with van der Waals surface area (Å²) < 4.78 is 61.1. The number of anilines is 1. The van der Waals surface area contributed by atoms with Crippen LogP contribution in [0, 0.1) is 11.6 Å². The van der Waals surface area contributed by atoms with Crippen LogP contribution in [0.15, 0.2) is 29.2 Å². The van der Waals surface area contributed by atoms with Crippen LogP contribution in [0.3, 0.4) is 0 Å². The lowest BCUT2D eigenvalue weighted by atomic mass is 9.86. The number of methoxy groups -OCH3 is 1. The SMILES string of the molecule is COc1ccc(NS(=O)(=O)c2cc(F)c(Cl)cc2F)c2c1C[C@@H](N(C)C)CC2. The summed E-state index contributed by atoms with van der Waals surface area (Å²) in [6.07, 6.45) is 2.17. The fourth-order valence-corrected chi connectivity index (χ4v) is 4.78. The predicted molar refractivity (Wildman–Crippen MR) is 105 cm³/mol. The zero-order valence-corrected chi connectivity index (χ0v) is 17.3. The summed E-state index contributed by atoms with van der Waals surface area (Å²) in [7, 11) is 1.20. The van der Waals surface area contributed by atoms with Gasteiger partial charge in [-0.15, -0.1) is 0 Å². The first kappa shape index (κ1) is 20.8. The number of ether oxygens (including phenoxy) is 1. The molecule has 0 bridgehead atoms. The van der Waals surface area contributed by atoms with Crippen LogP contribution in [-0.2, 0) is 22.9 Å². The molecular formula is C19H21ClF2N2O3S. The van der Waals surface area contributed by atoms with E-state index in [1.54, 1.807) is 19.2 Å². The Hall–Kier alpha value is -1.90. The van der Waals surface area contributed by atoms with E-state index in [-0.39, 0.29) is 0 Å². The van der Waals surface area contributed by atoms with E-state index in [0.29, 0.717) is 42.5 Å². The number of nitrogens with zero attached hydrogens (tertiary/aromatic N) is 1. The van der Waals surface area contributed by atoms with Crippen molar-refractivity contribution in [1.29, 1.82) is 0 Å². The Morgan fingerprint density at radius 3 is 2.54 bits per heavy atom. The Morgan fingerprint density at radius 2 is 1.89 bits per heavy atom. The van der Waals surface area contributed by atoms with Crippen molar-refractivity contribution in [2.24, 2.45) is 0 Å². The highest BCUT2D eigenvalue weighted by Gasteiger charge is 2.28. The summed E-state index contributed by atoms with van der Waals surface area (Å²) >= 11 is 5.52. The third kappa shape index (κ3) is 3.94. The molecule has 1 atom stereocenters. The third-order valence-electron chi connectivity index (χ3n) is 5.01. The Balaban J connectivity index is 2.02. The molecule has 1 aliphatic carbocycles. The lowest BCUT2D eigenvalue weighted by molar-refractivity contribution is 0.265. The highest BCUT2D eigenvalue weighted by atomic mass is 35.5. The fourth-order valence-electron chi connectivity index (χ4n) is 3.47. The minimum atomic E-state index is -4.34. The van der Waals surface area contributed by atoms with Crippen molar-refractivity contribution in [1.82, 2.24) is 4.90 Å². The van der Waals surface area contributed by atoms with E-state index < -0.39 is 31.6 Å². The number of hydrogen-bond donors (Lipinski definition) is 1. The molecule has 0 amide bonds. The zero-order chi connectivity index (χ0) is 20.6. The van der Waals surface area contributed by atoms with Crippen molar-refractivity contribution in [3.63, 3.8) is 0 Å². The van der Waals surface area contributed by atoms with Crippen LogP contribution < -0.4 is 9.46 Å². The molecule has 0 saturated heterocycles. The number of sulfonamides is 1. The summed E-state index contributed by atoms with van der Waals surface area (Å²) in [6.45, 7) is 0. The van der Waals surface area contributed by atoms with Crippen LogP contribution in [0.1, 0.15) is 17.5 Å². The lowest BCUT2D eigenvalue weighted by Gasteiger charge is -2.32. The van der Waals surface area contributed by atoms with Gasteiger partial charge in [-0.05, 0) is 63.2 Å². The first-order chi connectivity index (χ1) is 13.1. The van der Waals surface area contributed by atoms with Gasteiger partial charge in [-0.1, -0.05) is 11.6 Å². The van der Waals surface area contributed by atoms with Gasteiger partial charge in [0.2, 0.25) is 0 Å². The van der Waals surface area contributed by atoms with E-state index in [0.717, 1.165) is 17.5 Å². The van der Waals surface area contributed by atoms with Crippen LogP contribution in [0.2, 0.25) is 5.02 Å². The molecule has 0 heterocycles. The maximum Gasteiger partial charge on any atom is 0.264 e. The van der Waals surface area contributed by atoms with Gasteiger partial charge in [-0.25, -0.2) is 17.2 Å². The Labute approximate surface area is 168 Å². The molecule has 0 aliphatic heterocycles. The Bertz CT molecular complexity index is 1010. The fraction of sp³-hybridized carbons (Fsp3) is 0.368. The van der Waals surface area contributed by atoms with Crippen LogP contribution in [-0.4, -0.2) is 40.6 Å². The van der Waals surface area contributed by atoms with Gasteiger partial charge in [0.1, 0.15) is 22.3 Å². The van der Waals surface area contributed by atoms with Gasteiger partial charge < -0.3 is 9.64 Å². The number of benzene rings is 2. The lowest BCUT2D eigenvalue weighted by Crippen LogP contribution is -2.34. The van der Waals surface area contributed by atoms with Crippen LogP contribution in [0.5, 0.6) is 5.75 Å². The Morgan fingerprint density at radius 1 is 1.18 bits per heavy atom. The zero-order valence-electron chi connectivity index (χ0n) is 15.7. The molecule has 0 spiro atoms. The summed E-state index contributed by atoms with van der Waals surface area (Å²) in [5.41, 5.74) is 2.05. The summed E-state index contributed by atoms with van der Waals surface area (Å²) in [6, 6.07) is 4.79. The van der Waals surface area contributed by atoms with Gasteiger partial charge in [0.15, 0.2) is 0 Å². The second-order valence-electron chi connectivity index (χ2n) is 6.93. The van der Waals surface area contributed by atoms with Gasteiger partial charge in [0, 0.05) is 11.6 Å². The molecule has 0 unspecified atom stereocenters. The van der Waals surface area contributed by atoms with Crippen LogP contribution in [0.4, 0.5) is 14.5 Å². The molecule has 9 heteroatoms. The Kier molecular flexibility index (Phi) is 5.84. The van der Waals surface area contributed by atoms with Crippen molar-refractivity contribution >= 4 is 27.3 Å². The molecule has 1 N–H and O–H groups in total. The third-order valence-corrected chi connectivity index (χ3v) is 6.68. The number of halogens is 3. The first-order valence-corrected chi connectivity index (χ1v) is 10.5. The molecule has 28 heavy (non-hydrogen) atoms. The molecule has 0 radical (unpaired) electrons. The topological polar surface area (TPSA) is 58.6 Å². The van der Waals surface area contributed by atoms with E-state index >= 15 is 0 Å². The molecule has 3 rings (SSSR count). The summed E-state index contributed by atoms with van der Waals surface area (Å²) in [4.78, 5) is 1.33. The molecule has 0 saturated carbocycles. The second-order valence-corrected chi connectivity index (χ2v) is 8.99. The van der Waals surface area contributed by atoms with E-state index in [2.05, 4.69) is 9.62 Å². The average Bonchev–Trinajstić information content (AvgIpc) is 2.64. The number of rotatable bonds is 5. The highest BCUT2D eigenvalue weighted by Crippen LogP contribution is 2.37. The summed E-state index contributed by atoms with van der Waals surface area (Å²) in [5.74, 6) is -1.45. The maximum atomic E-state index is 14.1. The predicted octanol–water partition coefficient (Wildman–Crippen LogP) is 3.85. The minimum Gasteiger partial charge on any atom is -0.496 e. The monoisotopic (exact) mass is 430 g/mol. The van der Waals surface area contributed by atoms with Crippen molar-refractivity contribution in [3.05, 3.63) is 52.0 Å². The molecule has 2 aromatic carbocycles. The van der Waals surface area contributed by atoms with Crippen LogP contribution >= 0.6 is 11.6 Å². The molecule has 2 aromatic rings. The number of fused-ring (bicyclic) bond motifs is 1. The number of likely N-dealkylation sites (N-methyl/N-ethyl adjacent to an activating group) is 1. The van der Waals surface area contributed by atoms with E-state index in [1.165, 1.54) is 0 Å². The largest absolute Gasteiger partial charge is 0.496 e. The van der Waals surface area contributed by atoms with E-state index in [9.17, 15) is 17.2 Å². The molecule has 1 aliphatic rings. The average molecular weight is 431 g/mol. The normalized spacial score (nSPS) is 16.8. The van der Waals surface area contributed by atoms with Gasteiger partial charge in [-0.3, -0.25) is 4.72 Å². The van der Waals surface area contributed by atoms with Gasteiger partial charge in [0.05, 0.1) is 17.8 Å². The molecular weight excluding hydrogens is 410 g/mol. The number of hydrogen-bond acceptors (Lipinski definition) is 4. The minimum absolute atomic E-state index is 0.302. The highest BCUT2D eigenvalue weighted by molar-refractivity contribution is 7.92. The first-order valence-electron chi connectivity index (χ1n) is 8.66. The van der Waals surface area contributed by atoms with Crippen LogP contribution in [0.25, 0.3) is 0 Å². The second kappa shape index (κ2) is 7.85. The molecule has 152 valence electrons. The van der Waals surface area contributed by atoms with E-state index in [1.807, 2.05) is 14.1 Å². The molecule has 0 fully saturated rings. The standard InChI is InChI=1S/C19H21ClF2N2O3S/c1-24(2)11-4-5-12-13(8-11)18(27-3)7-6-17(12)23-28(25,26)19-10-15(21)14(20)9-16(19)22/h6-7,9-11,23H,4-5,8H2,1-3H3/t11-/m0/s1. The van der Waals surface area contributed by atoms with E-state index in [4.69, 9.17) is 16.3 Å². The smallest absolute Gasteiger partial charge is 0.264 e. The molecule has 5 nitrogen and oxygen atoms in total. The van der Waals surface area contributed by atoms with Gasteiger partial charge in [0.25, 0.3) is 10.0 Å². The van der Waals surface area contributed by atoms with Crippen molar-refractivity contribution in [2.75, 3.05) is 25.9 Å². The van der Waals surface area contributed by atoms with Crippen molar-refractivity contribution in [3.8, 4) is 5.75 Å². The maximum absolute atomic E-state index is 14.1. The van der Waals surface area contributed by atoms with Gasteiger partial charge >= 0.3 is 0 Å². The quantitative estimate of drug-likeness (QED) is 0.732. The van der Waals surface area contributed by atoms with Gasteiger partial charge in [-0.2, -0.15) is 0 Å².